The molecule has 1 heterocycles. The quantitative estimate of drug-likeness (QED) is 0.527. The van der Waals surface area contributed by atoms with Gasteiger partial charge in [-0.05, 0) is 13.0 Å². The second-order valence-corrected chi connectivity index (χ2v) is 5.65. The van der Waals surface area contributed by atoms with Crippen molar-refractivity contribution in [1.29, 1.82) is 0 Å². The van der Waals surface area contributed by atoms with Gasteiger partial charge in [0.2, 0.25) is 5.78 Å². The number of rotatable bonds is 2. The fourth-order valence-electron chi connectivity index (χ4n) is 3.15. The summed E-state index contributed by atoms with van der Waals surface area (Å²) in [6, 6.07) is 13.5. The second-order valence-electron chi connectivity index (χ2n) is 5.65. The van der Waals surface area contributed by atoms with Crippen molar-refractivity contribution in [2.45, 2.75) is 6.92 Å². The second kappa shape index (κ2) is 5.63. The Morgan fingerprint density at radius 3 is 2.32 bits per heavy atom. The summed E-state index contributed by atoms with van der Waals surface area (Å²) in [4.78, 5) is 42.8. The Kier molecular flexibility index (Phi) is 3.42. The topological polar surface area (TPSA) is 73.3 Å². The lowest BCUT2D eigenvalue weighted by Gasteiger charge is -2.20. The number of benzene rings is 2. The molecular formula is C20H13NO4. The third-order valence-corrected chi connectivity index (χ3v) is 4.23. The van der Waals surface area contributed by atoms with Gasteiger partial charge in [-0.2, -0.15) is 0 Å². The van der Waals surface area contributed by atoms with E-state index in [2.05, 4.69) is 4.98 Å². The molecule has 0 saturated carbocycles. The van der Waals surface area contributed by atoms with E-state index in [-0.39, 0.29) is 40.6 Å². The molecule has 0 fully saturated rings. The molecule has 5 nitrogen and oxygen atoms in total. The summed E-state index contributed by atoms with van der Waals surface area (Å²) < 4.78 is 5.14. The van der Waals surface area contributed by atoms with E-state index in [1.165, 1.54) is 0 Å². The predicted octanol–water partition coefficient (Wildman–Crippen LogP) is 3.19. The number of esters is 1. The summed E-state index contributed by atoms with van der Waals surface area (Å²) >= 11 is 0. The molecule has 3 aromatic rings. The zero-order chi connectivity index (χ0) is 17.6. The number of nitrogens with zero attached hydrogens (tertiary/aromatic N) is 1. The number of fused-ring (bicyclic) bond motifs is 3. The molecule has 5 heteroatoms. The number of hydrogen-bond donors (Lipinski definition) is 0. The van der Waals surface area contributed by atoms with Crippen LogP contribution in [0.15, 0.2) is 48.5 Å². The van der Waals surface area contributed by atoms with Crippen molar-refractivity contribution in [1.82, 2.24) is 4.98 Å². The van der Waals surface area contributed by atoms with E-state index >= 15 is 0 Å². The number of hydrogen-bond acceptors (Lipinski definition) is 5. The lowest BCUT2D eigenvalue weighted by atomic mass is 9.83. The van der Waals surface area contributed by atoms with Crippen molar-refractivity contribution < 1.29 is 19.1 Å². The summed E-state index contributed by atoms with van der Waals surface area (Å²) in [5, 5.41) is 0.500. The maximum Gasteiger partial charge on any atom is 0.339 e. The summed E-state index contributed by atoms with van der Waals surface area (Å²) in [5.41, 5.74) is 1.20. The first-order valence-corrected chi connectivity index (χ1v) is 7.91. The van der Waals surface area contributed by atoms with Crippen molar-refractivity contribution >= 4 is 28.4 Å². The Hall–Kier alpha value is -3.34. The van der Waals surface area contributed by atoms with Crippen molar-refractivity contribution in [2.24, 2.45) is 0 Å². The first-order chi connectivity index (χ1) is 12.1. The minimum atomic E-state index is -0.627. The van der Waals surface area contributed by atoms with E-state index in [4.69, 9.17) is 4.74 Å². The summed E-state index contributed by atoms with van der Waals surface area (Å²) in [7, 11) is 0. The third-order valence-electron chi connectivity index (χ3n) is 4.23. The van der Waals surface area contributed by atoms with Gasteiger partial charge in [0.05, 0.1) is 23.3 Å². The van der Waals surface area contributed by atoms with E-state index in [1.807, 2.05) is 0 Å². The number of para-hydroxylation sites is 1. The highest BCUT2D eigenvalue weighted by Gasteiger charge is 2.36. The van der Waals surface area contributed by atoms with E-state index in [0.717, 1.165) is 0 Å². The molecule has 0 spiro atoms. The molecule has 0 aliphatic heterocycles. The zero-order valence-electron chi connectivity index (χ0n) is 13.4. The van der Waals surface area contributed by atoms with Crippen LogP contribution in [0.1, 0.15) is 49.3 Å². The molecule has 0 bridgehead atoms. The van der Waals surface area contributed by atoms with Gasteiger partial charge in [0.1, 0.15) is 5.69 Å². The van der Waals surface area contributed by atoms with Gasteiger partial charge in [-0.1, -0.05) is 42.5 Å². The van der Waals surface area contributed by atoms with Crippen LogP contribution in [0.25, 0.3) is 10.9 Å². The van der Waals surface area contributed by atoms with Crippen LogP contribution in [0.2, 0.25) is 0 Å². The van der Waals surface area contributed by atoms with E-state index < -0.39 is 5.97 Å². The first-order valence-electron chi connectivity index (χ1n) is 7.91. The van der Waals surface area contributed by atoms with Crippen molar-refractivity contribution in [3.63, 3.8) is 0 Å². The fraction of sp³-hybridized carbons (Fsp3) is 0.100. The molecule has 1 aliphatic rings. The number of carbonyl (C=O) groups is 3. The van der Waals surface area contributed by atoms with Crippen LogP contribution in [0.5, 0.6) is 0 Å². The Bertz CT molecular complexity index is 1070. The van der Waals surface area contributed by atoms with Crippen LogP contribution in [-0.4, -0.2) is 29.1 Å². The van der Waals surface area contributed by atoms with Gasteiger partial charge in [0.25, 0.3) is 0 Å². The maximum absolute atomic E-state index is 13.0. The molecular weight excluding hydrogens is 318 g/mol. The standard InChI is InChI=1S/C20H13NO4/c1-2-25-20(24)15-13-9-5-6-10-14(13)21-17-16(15)18(22)11-7-3-4-8-12(11)19(17)23/h3-10H,2H2,1H3. The van der Waals surface area contributed by atoms with Crippen LogP contribution in [0, 0.1) is 0 Å². The first kappa shape index (κ1) is 15.2. The highest BCUT2D eigenvalue weighted by molar-refractivity contribution is 6.31. The van der Waals surface area contributed by atoms with Gasteiger partial charge in [-0.3, -0.25) is 9.59 Å². The van der Waals surface area contributed by atoms with Crippen LogP contribution < -0.4 is 0 Å². The third kappa shape index (κ3) is 2.16. The lowest BCUT2D eigenvalue weighted by molar-refractivity contribution is 0.0525. The largest absolute Gasteiger partial charge is 0.462 e. The zero-order valence-corrected chi connectivity index (χ0v) is 13.4. The molecule has 4 rings (SSSR count). The van der Waals surface area contributed by atoms with Crippen LogP contribution in [0.3, 0.4) is 0 Å². The molecule has 25 heavy (non-hydrogen) atoms. The van der Waals surface area contributed by atoms with Crippen molar-refractivity contribution in [3.05, 3.63) is 76.5 Å². The number of ether oxygens (including phenoxy) is 1. The fourth-order valence-corrected chi connectivity index (χ4v) is 3.15. The molecule has 122 valence electrons. The Morgan fingerprint density at radius 2 is 1.60 bits per heavy atom. The average molecular weight is 331 g/mol. The molecule has 0 amide bonds. The normalized spacial score (nSPS) is 12.7. The van der Waals surface area contributed by atoms with Crippen molar-refractivity contribution in [3.8, 4) is 0 Å². The summed E-state index contributed by atoms with van der Waals surface area (Å²) in [5.74, 6) is -1.37. The van der Waals surface area contributed by atoms with Crippen molar-refractivity contribution in [2.75, 3.05) is 6.61 Å². The molecule has 1 aromatic heterocycles. The lowest BCUT2D eigenvalue weighted by Crippen LogP contribution is -2.26. The van der Waals surface area contributed by atoms with Crippen LogP contribution >= 0.6 is 0 Å². The predicted molar refractivity (Wildman–Crippen MR) is 91.0 cm³/mol. The summed E-state index contributed by atoms with van der Waals surface area (Å²) in [6.07, 6.45) is 0. The maximum atomic E-state index is 13.0. The number of aromatic nitrogens is 1. The minimum Gasteiger partial charge on any atom is -0.462 e. The molecule has 2 aromatic carbocycles. The molecule has 1 aliphatic carbocycles. The molecule has 0 saturated heterocycles. The molecule has 0 N–H and O–H groups in total. The smallest absolute Gasteiger partial charge is 0.339 e. The van der Waals surface area contributed by atoms with Gasteiger partial charge < -0.3 is 4.74 Å². The highest BCUT2D eigenvalue weighted by Crippen LogP contribution is 2.32. The molecule has 0 radical (unpaired) electrons. The number of pyridine rings is 1. The average Bonchev–Trinajstić information content (AvgIpc) is 2.64. The van der Waals surface area contributed by atoms with E-state index in [0.29, 0.717) is 16.5 Å². The Balaban J connectivity index is 2.11. The molecule has 0 unspecified atom stereocenters. The Labute approximate surface area is 143 Å². The monoisotopic (exact) mass is 331 g/mol. The minimum absolute atomic E-state index is 0.00505. The Morgan fingerprint density at radius 1 is 0.960 bits per heavy atom. The highest BCUT2D eigenvalue weighted by atomic mass is 16.5. The van der Waals surface area contributed by atoms with Crippen LogP contribution in [0.4, 0.5) is 0 Å². The van der Waals surface area contributed by atoms with Gasteiger partial charge in [-0.15, -0.1) is 0 Å². The van der Waals surface area contributed by atoms with E-state index in [9.17, 15) is 14.4 Å². The number of ketones is 2. The van der Waals surface area contributed by atoms with Crippen LogP contribution in [-0.2, 0) is 4.74 Å². The SMILES string of the molecule is CCOC(=O)c1c2c(nc3ccccc13)C(=O)c1ccccc1C2=O. The summed E-state index contributed by atoms with van der Waals surface area (Å²) in [6.45, 7) is 1.86. The number of carbonyl (C=O) groups excluding carboxylic acids is 3. The molecule has 0 atom stereocenters. The van der Waals surface area contributed by atoms with Gasteiger partial charge in [0.15, 0.2) is 5.78 Å². The van der Waals surface area contributed by atoms with E-state index in [1.54, 1.807) is 55.5 Å². The van der Waals surface area contributed by atoms with Gasteiger partial charge >= 0.3 is 5.97 Å². The van der Waals surface area contributed by atoms with Gasteiger partial charge in [0, 0.05) is 16.5 Å². The van der Waals surface area contributed by atoms with Gasteiger partial charge in [-0.25, -0.2) is 9.78 Å².